The molecule has 5 nitrogen and oxygen atoms in total. The highest BCUT2D eigenvalue weighted by Crippen LogP contribution is 2.20. The third-order valence-corrected chi connectivity index (χ3v) is 2.08. The first kappa shape index (κ1) is 8.55. The zero-order chi connectivity index (χ0) is 10.3. The van der Waals surface area contributed by atoms with E-state index in [4.69, 9.17) is 10.8 Å². The van der Waals surface area contributed by atoms with Crippen molar-refractivity contribution in [3.63, 3.8) is 0 Å². The predicted octanol–water partition coefficient (Wildman–Crippen LogP) is 0.854. The zero-order valence-electron chi connectivity index (χ0n) is 7.56. The lowest BCUT2D eigenvalue weighted by molar-refractivity contribution is 0.0691. The second-order valence-electron chi connectivity index (χ2n) is 3.05. The van der Waals surface area contributed by atoms with Gasteiger partial charge < -0.3 is 10.8 Å². The van der Waals surface area contributed by atoms with Crippen LogP contribution in [0.4, 0.5) is 5.69 Å². The maximum absolute atomic E-state index is 10.8. The molecule has 5 heteroatoms. The van der Waals surface area contributed by atoms with E-state index in [0.29, 0.717) is 11.1 Å². The Bertz CT molecular complexity index is 516. The summed E-state index contributed by atoms with van der Waals surface area (Å²) in [6, 6.07) is 5.09. The molecule has 1 aromatic heterocycles. The summed E-state index contributed by atoms with van der Waals surface area (Å²) in [7, 11) is 1.70. The van der Waals surface area contributed by atoms with Crippen LogP contribution in [0.5, 0.6) is 0 Å². The summed E-state index contributed by atoms with van der Waals surface area (Å²) in [6.45, 7) is 0. The van der Waals surface area contributed by atoms with Gasteiger partial charge >= 0.3 is 5.97 Å². The van der Waals surface area contributed by atoms with E-state index in [1.54, 1.807) is 25.2 Å². The molecule has 3 N–H and O–H groups in total. The van der Waals surface area contributed by atoms with Crippen molar-refractivity contribution in [3.05, 3.63) is 23.9 Å². The molecule has 2 aromatic rings. The summed E-state index contributed by atoms with van der Waals surface area (Å²) in [5.74, 6) is -1.04. The summed E-state index contributed by atoms with van der Waals surface area (Å²) in [4.78, 5) is 10.8. The monoisotopic (exact) mass is 191 g/mol. The van der Waals surface area contributed by atoms with Gasteiger partial charge in [-0.2, -0.15) is 5.10 Å². The maximum Gasteiger partial charge on any atom is 0.357 e. The van der Waals surface area contributed by atoms with Gasteiger partial charge in [-0.15, -0.1) is 0 Å². The zero-order valence-corrected chi connectivity index (χ0v) is 7.56. The molecule has 0 saturated carbocycles. The Labute approximate surface area is 79.7 Å². The third kappa shape index (κ3) is 1.10. The van der Waals surface area contributed by atoms with Crippen LogP contribution in [-0.2, 0) is 7.05 Å². The van der Waals surface area contributed by atoms with Crippen LogP contribution in [0, 0.1) is 0 Å². The third-order valence-electron chi connectivity index (χ3n) is 2.08. The summed E-state index contributed by atoms with van der Waals surface area (Å²) in [5, 5.41) is 13.3. The molecule has 1 aromatic carbocycles. The van der Waals surface area contributed by atoms with Gasteiger partial charge in [-0.05, 0) is 18.2 Å². The number of aromatic carboxylic acids is 1. The van der Waals surface area contributed by atoms with Crippen LogP contribution in [0.3, 0.4) is 0 Å². The molecular formula is C9H9N3O2. The molecule has 2 rings (SSSR count). The number of carbonyl (C=O) groups is 1. The van der Waals surface area contributed by atoms with Crippen molar-refractivity contribution in [1.82, 2.24) is 9.78 Å². The van der Waals surface area contributed by atoms with Gasteiger partial charge in [0.1, 0.15) is 0 Å². The second kappa shape index (κ2) is 2.73. The van der Waals surface area contributed by atoms with E-state index < -0.39 is 5.97 Å². The SMILES string of the molecule is Cn1nc(C(=O)O)c2cc(N)ccc21. The average molecular weight is 191 g/mol. The Morgan fingerprint density at radius 1 is 1.57 bits per heavy atom. The van der Waals surface area contributed by atoms with Crippen molar-refractivity contribution in [2.24, 2.45) is 7.05 Å². The first-order valence-electron chi connectivity index (χ1n) is 4.05. The quantitative estimate of drug-likeness (QED) is 0.655. The minimum atomic E-state index is -1.04. The van der Waals surface area contributed by atoms with Gasteiger partial charge in [0.25, 0.3) is 0 Å². The number of hydrogen-bond donors (Lipinski definition) is 2. The summed E-state index contributed by atoms with van der Waals surface area (Å²) in [5.41, 5.74) is 6.90. The first-order chi connectivity index (χ1) is 6.59. The molecule has 72 valence electrons. The molecule has 0 saturated heterocycles. The van der Waals surface area contributed by atoms with Crippen molar-refractivity contribution in [1.29, 1.82) is 0 Å². The Balaban J connectivity index is 2.85. The highest BCUT2D eigenvalue weighted by Gasteiger charge is 2.14. The molecule has 1 heterocycles. The number of benzene rings is 1. The average Bonchev–Trinajstić information content (AvgIpc) is 2.43. The molecule has 14 heavy (non-hydrogen) atoms. The fourth-order valence-corrected chi connectivity index (χ4v) is 1.44. The molecule has 0 unspecified atom stereocenters. The number of nitrogens with two attached hydrogens (primary N) is 1. The summed E-state index contributed by atoms with van der Waals surface area (Å²) < 4.78 is 1.53. The molecule has 0 aliphatic heterocycles. The van der Waals surface area contributed by atoms with E-state index in [0.717, 1.165) is 5.52 Å². The molecular weight excluding hydrogens is 182 g/mol. The number of carboxylic acid groups (broad SMARTS) is 1. The van der Waals surface area contributed by atoms with Crippen molar-refractivity contribution in [2.45, 2.75) is 0 Å². The lowest BCUT2D eigenvalue weighted by Gasteiger charge is -1.94. The topological polar surface area (TPSA) is 81.1 Å². The number of hydrogen-bond acceptors (Lipinski definition) is 3. The Hall–Kier alpha value is -2.04. The van der Waals surface area contributed by atoms with Crippen molar-refractivity contribution < 1.29 is 9.90 Å². The fraction of sp³-hybridized carbons (Fsp3) is 0.111. The number of rotatable bonds is 1. The number of aromatic nitrogens is 2. The Kier molecular flexibility index (Phi) is 1.67. The molecule has 0 aliphatic carbocycles. The van der Waals surface area contributed by atoms with E-state index in [9.17, 15) is 4.79 Å². The summed E-state index contributed by atoms with van der Waals surface area (Å²) >= 11 is 0. The first-order valence-corrected chi connectivity index (χ1v) is 4.05. The van der Waals surface area contributed by atoms with Crippen LogP contribution in [-0.4, -0.2) is 20.9 Å². The number of carboxylic acids is 1. The van der Waals surface area contributed by atoms with Gasteiger partial charge in [0.05, 0.1) is 5.52 Å². The highest BCUT2D eigenvalue weighted by atomic mass is 16.4. The standard InChI is InChI=1S/C9H9N3O2/c1-12-7-3-2-5(10)4-6(7)8(11-12)9(13)14/h2-4H,10H2,1H3,(H,13,14). The van der Waals surface area contributed by atoms with Crippen molar-refractivity contribution in [2.75, 3.05) is 5.73 Å². The molecule has 0 aliphatic rings. The minimum absolute atomic E-state index is 0.0369. The van der Waals surface area contributed by atoms with Gasteiger partial charge in [0.2, 0.25) is 0 Å². The highest BCUT2D eigenvalue weighted by molar-refractivity contribution is 6.02. The molecule has 0 atom stereocenters. The fourth-order valence-electron chi connectivity index (χ4n) is 1.44. The maximum atomic E-state index is 10.8. The van der Waals surface area contributed by atoms with Gasteiger partial charge in [0.15, 0.2) is 5.69 Å². The minimum Gasteiger partial charge on any atom is -0.476 e. The molecule has 0 bridgehead atoms. The normalized spacial score (nSPS) is 10.6. The second-order valence-corrected chi connectivity index (χ2v) is 3.05. The van der Waals surface area contributed by atoms with E-state index in [1.807, 2.05) is 0 Å². The van der Waals surface area contributed by atoms with Crippen LogP contribution < -0.4 is 5.73 Å². The van der Waals surface area contributed by atoms with Gasteiger partial charge in [-0.3, -0.25) is 4.68 Å². The van der Waals surface area contributed by atoms with Crippen LogP contribution >= 0.6 is 0 Å². The van der Waals surface area contributed by atoms with E-state index in [-0.39, 0.29) is 5.69 Å². The molecule has 0 radical (unpaired) electrons. The van der Waals surface area contributed by atoms with E-state index in [2.05, 4.69) is 5.10 Å². The number of anilines is 1. The Morgan fingerprint density at radius 2 is 2.29 bits per heavy atom. The smallest absolute Gasteiger partial charge is 0.357 e. The number of aryl methyl sites for hydroxylation is 1. The predicted molar refractivity (Wildman–Crippen MR) is 52.1 cm³/mol. The molecule has 0 fully saturated rings. The number of nitrogen functional groups attached to an aromatic ring is 1. The van der Waals surface area contributed by atoms with Crippen LogP contribution in [0.25, 0.3) is 10.9 Å². The number of nitrogens with zero attached hydrogens (tertiary/aromatic N) is 2. The van der Waals surface area contributed by atoms with E-state index in [1.165, 1.54) is 4.68 Å². The lowest BCUT2D eigenvalue weighted by atomic mass is 10.2. The van der Waals surface area contributed by atoms with Crippen LogP contribution in [0.15, 0.2) is 18.2 Å². The Morgan fingerprint density at radius 3 is 2.93 bits per heavy atom. The summed E-state index contributed by atoms with van der Waals surface area (Å²) in [6.07, 6.45) is 0. The van der Waals surface area contributed by atoms with Gasteiger partial charge in [0, 0.05) is 18.1 Å². The van der Waals surface area contributed by atoms with Crippen LogP contribution in [0.1, 0.15) is 10.5 Å². The van der Waals surface area contributed by atoms with Crippen molar-refractivity contribution >= 4 is 22.6 Å². The number of fused-ring (bicyclic) bond motifs is 1. The largest absolute Gasteiger partial charge is 0.476 e. The van der Waals surface area contributed by atoms with E-state index >= 15 is 0 Å². The molecule has 0 amide bonds. The van der Waals surface area contributed by atoms with Gasteiger partial charge in [-0.25, -0.2) is 4.79 Å². The van der Waals surface area contributed by atoms with Gasteiger partial charge in [-0.1, -0.05) is 0 Å². The van der Waals surface area contributed by atoms with Crippen LogP contribution in [0.2, 0.25) is 0 Å². The molecule has 0 spiro atoms. The van der Waals surface area contributed by atoms with Crippen molar-refractivity contribution in [3.8, 4) is 0 Å². The lowest BCUT2D eigenvalue weighted by Crippen LogP contribution is -1.99.